The third-order valence-electron chi connectivity index (χ3n) is 0.761. The van der Waals surface area contributed by atoms with Crippen LogP contribution in [0.5, 0.6) is 0 Å². The van der Waals surface area contributed by atoms with Crippen molar-refractivity contribution in [1.82, 2.24) is 0 Å². The third-order valence-corrected chi connectivity index (χ3v) is 0.761. The molecule has 2 nitrogen and oxygen atoms in total. The van der Waals surface area contributed by atoms with Crippen LogP contribution in [0, 0.1) is 0 Å². The molecular formula is C4H12ClNO. The second-order valence-corrected chi connectivity index (χ2v) is 1.60. The van der Waals surface area contributed by atoms with Crippen LogP contribution in [0.4, 0.5) is 0 Å². The maximum atomic E-state index is 8.50. The van der Waals surface area contributed by atoms with E-state index in [2.05, 4.69) is 0 Å². The number of nitrogens with two attached hydrogens (primary N) is 1. The van der Waals surface area contributed by atoms with Crippen molar-refractivity contribution in [3.8, 4) is 0 Å². The minimum absolute atomic E-state index is 0. The molecule has 0 amide bonds. The van der Waals surface area contributed by atoms with E-state index in [1.165, 1.54) is 0 Å². The SMILES string of the molecule is CC(O)[C@H](C)N.Cl. The van der Waals surface area contributed by atoms with Crippen molar-refractivity contribution in [1.29, 1.82) is 0 Å². The highest BCUT2D eigenvalue weighted by Crippen LogP contribution is 1.81. The van der Waals surface area contributed by atoms with E-state index in [1.54, 1.807) is 13.8 Å². The normalized spacial score (nSPS) is 17.1. The molecule has 0 saturated heterocycles. The van der Waals surface area contributed by atoms with Crippen LogP contribution in [0.1, 0.15) is 13.8 Å². The van der Waals surface area contributed by atoms with Gasteiger partial charge in [0.1, 0.15) is 0 Å². The van der Waals surface area contributed by atoms with Crippen molar-refractivity contribution in [2.75, 3.05) is 0 Å². The molecule has 0 heterocycles. The lowest BCUT2D eigenvalue weighted by molar-refractivity contribution is 0.170. The molecule has 0 aromatic rings. The molecule has 0 bridgehead atoms. The van der Waals surface area contributed by atoms with Crippen molar-refractivity contribution in [3.05, 3.63) is 0 Å². The van der Waals surface area contributed by atoms with Crippen molar-refractivity contribution in [2.45, 2.75) is 26.0 Å². The van der Waals surface area contributed by atoms with Crippen LogP contribution in [0.25, 0.3) is 0 Å². The number of halogens is 1. The fraction of sp³-hybridized carbons (Fsp3) is 1.00. The molecule has 2 atom stereocenters. The summed E-state index contributed by atoms with van der Waals surface area (Å²) in [5, 5.41) is 8.50. The lowest BCUT2D eigenvalue weighted by Gasteiger charge is -2.04. The van der Waals surface area contributed by atoms with Gasteiger partial charge in [-0.1, -0.05) is 0 Å². The van der Waals surface area contributed by atoms with Gasteiger partial charge in [0, 0.05) is 6.04 Å². The van der Waals surface area contributed by atoms with E-state index in [1.807, 2.05) is 0 Å². The molecule has 0 aromatic heterocycles. The van der Waals surface area contributed by atoms with Crippen LogP contribution < -0.4 is 5.73 Å². The predicted molar refractivity (Wildman–Crippen MR) is 32.6 cm³/mol. The minimum atomic E-state index is -0.370. The first-order valence-electron chi connectivity index (χ1n) is 2.08. The summed E-state index contributed by atoms with van der Waals surface area (Å²) in [6, 6.07) is -0.0926. The highest BCUT2D eigenvalue weighted by Gasteiger charge is 1.97. The molecule has 0 aliphatic heterocycles. The van der Waals surface area contributed by atoms with Crippen molar-refractivity contribution >= 4 is 12.4 Å². The summed E-state index contributed by atoms with van der Waals surface area (Å²) in [5.41, 5.74) is 5.19. The van der Waals surface area contributed by atoms with Crippen LogP contribution in [-0.2, 0) is 0 Å². The van der Waals surface area contributed by atoms with E-state index in [4.69, 9.17) is 10.8 Å². The average molecular weight is 126 g/mol. The van der Waals surface area contributed by atoms with Gasteiger partial charge in [0.05, 0.1) is 6.10 Å². The van der Waals surface area contributed by atoms with Crippen molar-refractivity contribution in [3.63, 3.8) is 0 Å². The van der Waals surface area contributed by atoms with E-state index in [0.29, 0.717) is 0 Å². The third kappa shape index (κ3) is 6.21. The van der Waals surface area contributed by atoms with Gasteiger partial charge in [-0.2, -0.15) is 0 Å². The molecule has 0 aliphatic carbocycles. The maximum Gasteiger partial charge on any atom is 0.0660 e. The van der Waals surface area contributed by atoms with Gasteiger partial charge in [-0.3, -0.25) is 0 Å². The van der Waals surface area contributed by atoms with Crippen LogP contribution in [0.3, 0.4) is 0 Å². The molecule has 7 heavy (non-hydrogen) atoms. The molecule has 0 spiro atoms. The molecule has 1 unspecified atom stereocenters. The molecule has 0 aliphatic rings. The summed E-state index contributed by atoms with van der Waals surface area (Å²) < 4.78 is 0. The van der Waals surface area contributed by atoms with Gasteiger partial charge in [-0.15, -0.1) is 12.4 Å². The molecule has 3 heteroatoms. The summed E-state index contributed by atoms with van der Waals surface area (Å²) in [6.07, 6.45) is -0.370. The maximum absolute atomic E-state index is 8.50. The summed E-state index contributed by atoms with van der Waals surface area (Å²) in [4.78, 5) is 0. The standard InChI is InChI=1S/C4H11NO.ClH/c1-3(5)4(2)6;/h3-4,6H,5H2,1-2H3;1H/t3-,4?;/m0./s1. The Labute approximate surface area is 50.1 Å². The first-order chi connectivity index (χ1) is 2.64. The molecule has 46 valence electrons. The van der Waals surface area contributed by atoms with Crippen molar-refractivity contribution < 1.29 is 5.11 Å². The zero-order valence-electron chi connectivity index (χ0n) is 4.59. The fourth-order valence-electron chi connectivity index (χ4n) is 0. The van der Waals surface area contributed by atoms with E-state index < -0.39 is 0 Å². The number of rotatable bonds is 1. The Balaban J connectivity index is 0. The summed E-state index contributed by atoms with van der Waals surface area (Å²) in [6.45, 7) is 3.44. The van der Waals surface area contributed by atoms with Crippen molar-refractivity contribution in [2.24, 2.45) is 5.73 Å². The number of hydrogen-bond acceptors (Lipinski definition) is 2. The van der Waals surface area contributed by atoms with Crippen LogP contribution in [0.15, 0.2) is 0 Å². The Morgan fingerprint density at radius 2 is 1.57 bits per heavy atom. The highest BCUT2D eigenvalue weighted by atomic mass is 35.5. The second kappa shape index (κ2) is 4.37. The summed E-state index contributed by atoms with van der Waals surface area (Å²) in [5.74, 6) is 0. The van der Waals surface area contributed by atoms with Gasteiger partial charge in [-0.05, 0) is 13.8 Å². The molecule has 0 fully saturated rings. The summed E-state index contributed by atoms with van der Waals surface area (Å²) in [7, 11) is 0. The van der Waals surface area contributed by atoms with Gasteiger partial charge in [-0.25, -0.2) is 0 Å². The number of aliphatic hydroxyl groups is 1. The summed E-state index contributed by atoms with van der Waals surface area (Å²) >= 11 is 0. The topological polar surface area (TPSA) is 46.2 Å². The van der Waals surface area contributed by atoms with Crippen LogP contribution >= 0.6 is 12.4 Å². The molecular weight excluding hydrogens is 114 g/mol. The fourth-order valence-corrected chi connectivity index (χ4v) is 0. The Morgan fingerprint density at radius 1 is 1.43 bits per heavy atom. The van der Waals surface area contributed by atoms with E-state index in [9.17, 15) is 0 Å². The smallest absolute Gasteiger partial charge is 0.0660 e. The van der Waals surface area contributed by atoms with Crippen LogP contribution in [0.2, 0.25) is 0 Å². The van der Waals surface area contributed by atoms with Gasteiger partial charge < -0.3 is 10.8 Å². The lowest BCUT2D eigenvalue weighted by Crippen LogP contribution is -2.28. The highest BCUT2D eigenvalue weighted by molar-refractivity contribution is 5.85. The van der Waals surface area contributed by atoms with E-state index in [0.717, 1.165) is 0 Å². The van der Waals surface area contributed by atoms with Gasteiger partial charge in [0.25, 0.3) is 0 Å². The largest absolute Gasteiger partial charge is 0.392 e. The Hall–Kier alpha value is 0.210. The average Bonchev–Trinajstić information content (AvgIpc) is 1.36. The van der Waals surface area contributed by atoms with Crippen LogP contribution in [-0.4, -0.2) is 17.3 Å². The second-order valence-electron chi connectivity index (χ2n) is 1.60. The Bertz CT molecular complexity index is 32.7. The molecule has 0 aromatic carbocycles. The monoisotopic (exact) mass is 125 g/mol. The molecule has 0 radical (unpaired) electrons. The first-order valence-corrected chi connectivity index (χ1v) is 2.08. The van der Waals surface area contributed by atoms with Gasteiger partial charge in [0.15, 0.2) is 0 Å². The molecule has 3 N–H and O–H groups in total. The Morgan fingerprint density at radius 3 is 1.57 bits per heavy atom. The Kier molecular flexibility index (Phi) is 6.40. The predicted octanol–water partition coefficient (Wildman–Crippen LogP) is 0.136. The van der Waals surface area contributed by atoms with Gasteiger partial charge >= 0.3 is 0 Å². The molecule has 0 rings (SSSR count). The van der Waals surface area contributed by atoms with E-state index in [-0.39, 0.29) is 24.6 Å². The number of aliphatic hydroxyl groups excluding tert-OH is 1. The first kappa shape index (κ1) is 10.2. The zero-order valence-corrected chi connectivity index (χ0v) is 5.40. The lowest BCUT2D eigenvalue weighted by atomic mass is 10.2. The zero-order chi connectivity index (χ0) is 5.15. The van der Waals surface area contributed by atoms with Gasteiger partial charge in [0.2, 0.25) is 0 Å². The molecule has 0 saturated carbocycles. The number of hydrogen-bond donors (Lipinski definition) is 2. The van der Waals surface area contributed by atoms with E-state index >= 15 is 0 Å². The quantitative estimate of drug-likeness (QED) is 0.524. The minimum Gasteiger partial charge on any atom is -0.392 e.